The minimum absolute atomic E-state index is 0.127. The van der Waals surface area contributed by atoms with Gasteiger partial charge in [0.05, 0.1) is 23.7 Å². The summed E-state index contributed by atoms with van der Waals surface area (Å²) in [5.41, 5.74) is 1.56. The van der Waals surface area contributed by atoms with E-state index >= 15 is 0 Å². The van der Waals surface area contributed by atoms with Crippen LogP contribution in [0.2, 0.25) is 0 Å². The second kappa shape index (κ2) is 7.40. The fourth-order valence-corrected chi connectivity index (χ4v) is 2.43. The third-order valence-corrected chi connectivity index (χ3v) is 3.68. The lowest BCUT2D eigenvalue weighted by molar-refractivity contribution is -0.133. The average Bonchev–Trinajstić information content (AvgIpc) is 3.09. The van der Waals surface area contributed by atoms with Crippen molar-refractivity contribution in [2.45, 2.75) is 0 Å². The van der Waals surface area contributed by atoms with Crippen LogP contribution in [0.3, 0.4) is 0 Å². The molecule has 0 aliphatic heterocycles. The molecular weight excluding hydrogens is 334 g/mol. The maximum absolute atomic E-state index is 12.2. The summed E-state index contributed by atoms with van der Waals surface area (Å²) in [6.45, 7) is -0.319. The number of rotatable bonds is 5. The first-order valence-electron chi connectivity index (χ1n) is 7.71. The van der Waals surface area contributed by atoms with Gasteiger partial charge >= 0.3 is 5.97 Å². The topological polar surface area (TPSA) is 108 Å². The maximum atomic E-state index is 12.2. The number of benzene rings is 2. The van der Waals surface area contributed by atoms with E-state index in [9.17, 15) is 9.90 Å². The minimum Gasteiger partial charge on any atom is -0.508 e. The van der Waals surface area contributed by atoms with Gasteiger partial charge in [0.25, 0.3) is 0 Å². The predicted octanol–water partition coefficient (Wildman–Crippen LogP) is 2.96. The van der Waals surface area contributed by atoms with Crippen LogP contribution in [0, 0.1) is 11.3 Å². The Kier molecular flexibility index (Phi) is 4.85. The number of nitrogens with one attached hydrogen (secondary N) is 1. The van der Waals surface area contributed by atoms with Crippen molar-refractivity contribution in [1.29, 1.82) is 5.26 Å². The summed E-state index contributed by atoms with van der Waals surface area (Å²) in [6.07, 6.45) is 0. The number of fused-ring (bicyclic) bond motifs is 1. The van der Waals surface area contributed by atoms with E-state index in [-0.39, 0.29) is 23.8 Å². The molecular formula is C19H15N3O4. The van der Waals surface area contributed by atoms with Crippen molar-refractivity contribution in [3.8, 4) is 11.8 Å². The van der Waals surface area contributed by atoms with Gasteiger partial charge in [-0.3, -0.25) is 0 Å². The number of hydrogen-bond acceptors (Lipinski definition) is 6. The molecule has 3 aromatic rings. The Morgan fingerprint density at radius 3 is 2.69 bits per heavy atom. The molecule has 0 saturated heterocycles. The zero-order valence-electron chi connectivity index (χ0n) is 13.9. The lowest BCUT2D eigenvalue weighted by atomic mass is 10.2. The number of aromatic amines is 1. The fraction of sp³-hybridized carbons (Fsp3) is 0.105. The van der Waals surface area contributed by atoms with Crippen molar-refractivity contribution in [2.24, 2.45) is 0 Å². The first-order valence-corrected chi connectivity index (χ1v) is 7.71. The number of H-pyrrole nitrogens is 1. The number of carbonyl (C=O) groups excluding carboxylic acids is 1. The largest absolute Gasteiger partial charge is 0.508 e. The van der Waals surface area contributed by atoms with Crippen LogP contribution in [-0.2, 0) is 9.53 Å². The van der Waals surface area contributed by atoms with Crippen molar-refractivity contribution < 1.29 is 19.4 Å². The van der Waals surface area contributed by atoms with E-state index in [1.165, 1.54) is 7.11 Å². The van der Waals surface area contributed by atoms with Gasteiger partial charge in [-0.15, -0.1) is 0 Å². The molecule has 0 amide bonds. The number of imidazole rings is 1. The number of carbonyl (C=O) groups is 1. The fourth-order valence-electron chi connectivity index (χ4n) is 2.43. The van der Waals surface area contributed by atoms with Crippen LogP contribution < -0.4 is 4.74 Å². The van der Waals surface area contributed by atoms with E-state index in [0.29, 0.717) is 22.3 Å². The number of aliphatic hydroxyl groups is 1. The number of aliphatic hydroxyl groups excluding tert-OH is 1. The molecule has 0 saturated carbocycles. The van der Waals surface area contributed by atoms with Crippen LogP contribution in [0.15, 0.2) is 54.3 Å². The third kappa shape index (κ3) is 3.35. The molecule has 1 aromatic heterocycles. The van der Waals surface area contributed by atoms with Crippen LogP contribution in [0.25, 0.3) is 16.6 Å². The Bertz CT molecular complexity index is 997. The van der Waals surface area contributed by atoms with Gasteiger partial charge in [-0.05, 0) is 24.3 Å². The van der Waals surface area contributed by atoms with Gasteiger partial charge in [0.15, 0.2) is 0 Å². The molecule has 0 radical (unpaired) electrons. The zero-order valence-corrected chi connectivity index (χ0v) is 13.9. The molecule has 26 heavy (non-hydrogen) atoms. The summed E-state index contributed by atoms with van der Waals surface area (Å²) in [5, 5.41) is 19.5. The van der Waals surface area contributed by atoms with E-state index in [0.717, 1.165) is 0 Å². The van der Waals surface area contributed by atoms with Crippen molar-refractivity contribution in [3.05, 3.63) is 65.7 Å². The molecule has 0 aliphatic rings. The van der Waals surface area contributed by atoms with E-state index < -0.39 is 5.97 Å². The maximum Gasteiger partial charge on any atom is 0.345 e. The molecule has 2 N–H and O–H groups in total. The van der Waals surface area contributed by atoms with E-state index in [4.69, 9.17) is 14.7 Å². The lowest BCUT2D eigenvalue weighted by Crippen LogP contribution is -2.13. The molecule has 1 heterocycles. The molecule has 0 atom stereocenters. The van der Waals surface area contributed by atoms with Crippen molar-refractivity contribution in [3.63, 3.8) is 0 Å². The average molecular weight is 349 g/mol. The highest BCUT2D eigenvalue weighted by Crippen LogP contribution is 2.22. The van der Waals surface area contributed by atoms with E-state index in [2.05, 4.69) is 9.97 Å². The van der Waals surface area contributed by atoms with E-state index in [1.54, 1.807) is 36.4 Å². The number of ether oxygens (including phenoxy) is 2. The molecule has 0 unspecified atom stereocenters. The zero-order chi connectivity index (χ0) is 18.5. The summed E-state index contributed by atoms with van der Waals surface area (Å²) in [6, 6.07) is 15.8. The Morgan fingerprint density at radius 2 is 1.96 bits per heavy atom. The summed E-state index contributed by atoms with van der Waals surface area (Å²) >= 11 is 0. The second-order valence-electron chi connectivity index (χ2n) is 5.31. The second-order valence-corrected chi connectivity index (χ2v) is 5.31. The molecule has 0 bridgehead atoms. The van der Waals surface area contributed by atoms with Crippen LogP contribution in [-0.4, -0.2) is 34.8 Å². The van der Waals surface area contributed by atoms with Crippen LogP contribution in [0.5, 0.6) is 5.75 Å². The first kappa shape index (κ1) is 17.0. The molecule has 2 aromatic carbocycles. The summed E-state index contributed by atoms with van der Waals surface area (Å²) < 4.78 is 10.2. The summed E-state index contributed by atoms with van der Waals surface area (Å²) in [7, 11) is 1.21. The highest BCUT2D eigenvalue weighted by Gasteiger charge is 2.22. The molecule has 7 heteroatoms. The van der Waals surface area contributed by atoms with Crippen molar-refractivity contribution in [1.82, 2.24) is 9.97 Å². The Morgan fingerprint density at radius 1 is 1.23 bits per heavy atom. The van der Waals surface area contributed by atoms with Gasteiger partial charge in [0, 0.05) is 0 Å². The molecule has 0 fully saturated rings. The number of hydrogen-bond donors (Lipinski definition) is 2. The third-order valence-electron chi connectivity index (χ3n) is 3.68. The first-order chi connectivity index (χ1) is 12.6. The number of aromatic nitrogens is 2. The van der Waals surface area contributed by atoms with Gasteiger partial charge in [-0.2, -0.15) is 5.26 Å². The SMILES string of the molecule is COC(=O)/C(=C(/O)COc1ccccc1C#N)c1nc2ccccc2[nH]1. The minimum atomic E-state index is -0.751. The highest BCUT2D eigenvalue weighted by molar-refractivity contribution is 6.16. The summed E-state index contributed by atoms with van der Waals surface area (Å²) in [5.74, 6) is -0.634. The smallest absolute Gasteiger partial charge is 0.345 e. The number of nitriles is 1. The van der Waals surface area contributed by atoms with E-state index in [1.807, 2.05) is 18.2 Å². The van der Waals surface area contributed by atoms with Crippen LogP contribution >= 0.6 is 0 Å². The normalized spacial score (nSPS) is 11.5. The monoisotopic (exact) mass is 349 g/mol. The molecule has 7 nitrogen and oxygen atoms in total. The van der Waals surface area contributed by atoms with Crippen molar-refractivity contribution in [2.75, 3.05) is 13.7 Å². The molecule has 0 aliphatic carbocycles. The van der Waals surface area contributed by atoms with Crippen LogP contribution in [0.1, 0.15) is 11.4 Å². The molecule has 0 spiro atoms. The summed E-state index contributed by atoms with van der Waals surface area (Å²) in [4.78, 5) is 19.4. The predicted molar refractivity (Wildman–Crippen MR) is 94.3 cm³/mol. The van der Waals surface area contributed by atoms with Crippen molar-refractivity contribution >= 4 is 22.6 Å². The van der Waals surface area contributed by atoms with Gasteiger partial charge in [0.1, 0.15) is 35.6 Å². The number of esters is 1. The standard InChI is InChI=1S/C19H15N3O4/c1-25-19(24)17(18-21-13-7-3-4-8-14(13)22-18)15(23)11-26-16-9-5-2-6-12(16)10-20/h2-9,23H,11H2,1H3,(H,21,22)/b17-15+. The molecule has 130 valence electrons. The number of nitrogens with zero attached hydrogens (tertiary/aromatic N) is 2. The Hall–Kier alpha value is -3.79. The number of para-hydroxylation sites is 3. The molecule has 3 rings (SSSR count). The van der Waals surface area contributed by atoms with Gasteiger partial charge in [-0.1, -0.05) is 24.3 Å². The lowest BCUT2D eigenvalue weighted by Gasteiger charge is -2.10. The van der Waals surface area contributed by atoms with Gasteiger partial charge < -0.3 is 19.6 Å². The Balaban J connectivity index is 1.95. The number of methoxy groups -OCH3 is 1. The highest BCUT2D eigenvalue weighted by atomic mass is 16.5. The quantitative estimate of drug-likeness (QED) is 0.416. The Labute approximate surface area is 149 Å². The van der Waals surface area contributed by atoms with Crippen LogP contribution in [0.4, 0.5) is 0 Å². The van der Waals surface area contributed by atoms with Gasteiger partial charge in [-0.25, -0.2) is 9.78 Å². The van der Waals surface area contributed by atoms with Gasteiger partial charge in [0.2, 0.25) is 0 Å².